The normalized spacial score (nSPS) is 25.9. The molecule has 0 aliphatic heterocycles. The molecule has 0 aromatic heterocycles. The third kappa shape index (κ3) is 3.93. The fourth-order valence-electron chi connectivity index (χ4n) is 4.55. The van der Waals surface area contributed by atoms with Crippen molar-refractivity contribution in [2.45, 2.75) is 39.2 Å². The highest BCUT2D eigenvalue weighted by Gasteiger charge is 2.64. The number of carbonyl (C=O) groups excluding carboxylic acids is 1. The lowest BCUT2D eigenvalue weighted by Gasteiger charge is -2.15. The van der Waals surface area contributed by atoms with E-state index in [0.717, 1.165) is 23.3 Å². The Balaban J connectivity index is 1.32. The second-order valence-electron chi connectivity index (χ2n) is 8.02. The van der Waals surface area contributed by atoms with E-state index in [2.05, 4.69) is 17.5 Å². The average molecular weight is 397 g/mol. The van der Waals surface area contributed by atoms with Crippen molar-refractivity contribution in [1.29, 1.82) is 0 Å². The molecule has 2 aliphatic rings. The third-order valence-electron chi connectivity index (χ3n) is 6.21. The van der Waals surface area contributed by atoms with Crippen molar-refractivity contribution in [2.24, 2.45) is 22.4 Å². The van der Waals surface area contributed by atoms with E-state index in [9.17, 15) is 4.79 Å². The summed E-state index contributed by atoms with van der Waals surface area (Å²) >= 11 is 6.16. The number of nitrogens with zero attached hydrogens (tertiary/aromatic N) is 1. The number of hydrogen-bond acceptors (Lipinski definition) is 3. The molecule has 4 rings (SSSR count). The Morgan fingerprint density at radius 1 is 1.29 bits per heavy atom. The molecule has 5 heteroatoms. The number of carbonyl (C=O) groups is 1. The van der Waals surface area contributed by atoms with Crippen LogP contribution in [0.5, 0.6) is 5.75 Å². The molecule has 3 atom stereocenters. The minimum atomic E-state index is 0.0526. The van der Waals surface area contributed by atoms with Gasteiger partial charge in [0, 0.05) is 16.5 Å². The number of amides is 1. The Morgan fingerprint density at radius 3 is 2.93 bits per heavy atom. The lowest BCUT2D eigenvalue weighted by Crippen LogP contribution is -2.22. The maximum atomic E-state index is 12.5. The number of halogens is 1. The van der Waals surface area contributed by atoms with Gasteiger partial charge in [0.05, 0.1) is 6.21 Å². The van der Waals surface area contributed by atoms with Crippen LogP contribution in [-0.2, 0) is 11.4 Å². The van der Waals surface area contributed by atoms with Gasteiger partial charge in [-0.1, -0.05) is 61.7 Å². The van der Waals surface area contributed by atoms with Gasteiger partial charge < -0.3 is 4.74 Å². The summed E-state index contributed by atoms with van der Waals surface area (Å²) in [5, 5.41) is 4.86. The van der Waals surface area contributed by atoms with Crippen molar-refractivity contribution < 1.29 is 9.53 Å². The summed E-state index contributed by atoms with van der Waals surface area (Å²) in [6.45, 7) is 2.64. The predicted molar refractivity (Wildman–Crippen MR) is 112 cm³/mol. The van der Waals surface area contributed by atoms with Crippen LogP contribution in [0, 0.1) is 17.3 Å². The van der Waals surface area contributed by atoms with Crippen LogP contribution < -0.4 is 10.2 Å². The minimum Gasteiger partial charge on any atom is -0.489 e. The van der Waals surface area contributed by atoms with Gasteiger partial charge in [0.2, 0.25) is 5.91 Å². The monoisotopic (exact) mass is 396 g/mol. The Hall–Kier alpha value is -2.33. The molecule has 2 aromatic rings. The van der Waals surface area contributed by atoms with Crippen molar-refractivity contribution in [2.75, 3.05) is 0 Å². The summed E-state index contributed by atoms with van der Waals surface area (Å²) in [6.07, 6.45) is 6.47. The topological polar surface area (TPSA) is 50.7 Å². The highest BCUT2D eigenvalue weighted by Crippen LogP contribution is 2.66. The Kier molecular flexibility index (Phi) is 5.40. The molecule has 2 aliphatic carbocycles. The molecular weight excluding hydrogens is 372 g/mol. The maximum Gasteiger partial charge on any atom is 0.244 e. The van der Waals surface area contributed by atoms with E-state index in [4.69, 9.17) is 16.3 Å². The zero-order valence-corrected chi connectivity index (χ0v) is 16.8. The number of benzene rings is 2. The number of hydrogen-bond donors (Lipinski definition) is 1. The van der Waals surface area contributed by atoms with E-state index in [0.29, 0.717) is 17.5 Å². The quantitative estimate of drug-likeness (QED) is 0.539. The zero-order chi connectivity index (χ0) is 19.6. The van der Waals surface area contributed by atoms with Crippen molar-refractivity contribution in [3.63, 3.8) is 0 Å². The smallest absolute Gasteiger partial charge is 0.244 e. The standard InChI is InChI=1S/C23H25ClN2O2/c1-23-12-5-4-10-19(23)21(23)22(27)26-25-14-16-7-6-9-18(13-16)28-15-17-8-2-3-11-20(17)24/h2-3,6-9,11,13-14,19,21H,4-5,10,12,15H2,1H3,(H,26,27)/b25-14-/t19-,21+,23+/m1/s1. The fraction of sp³-hybridized carbons (Fsp3) is 0.391. The van der Waals surface area contributed by atoms with Crippen molar-refractivity contribution in [3.05, 3.63) is 64.7 Å². The second kappa shape index (κ2) is 7.96. The van der Waals surface area contributed by atoms with E-state index >= 15 is 0 Å². The van der Waals surface area contributed by atoms with Crippen molar-refractivity contribution >= 4 is 23.7 Å². The van der Waals surface area contributed by atoms with Crippen molar-refractivity contribution in [1.82, 2.24) is 5.43 Å². The average Bonchev–Trinajstić information content (AvgIpc) is 3.33. The van der Waals surface area contributed by atoms with Gasteiger partial charge in [-0.15, -0.1) is 0 Å². The van der Waals surface area contributed by atoms with Gasteiger partial charge in [-0.2, -0.15) is 5.10 Å². The fourth-order valence-corrected chi connectivity index (χ4v) is 4.74. The highest BCUT2D eigenvalue weighted by molar-refractivity contribution is 6.31. The van der Waals surface area contributed by atoms with Crippen molar-refractivity contribution in [3.8, 4) is 5.75 Å². The molecule has 2 fully saturated rings. The molecule has 28 heavy (non-hydrogen) atoms. The molecule has 0 unspecified atom stereocenters. The molecule has 0 radical (unpaired) electrons. The van der Waals surface area contributed by atoms with Crippen LogP contribution in [0.4, 0.5) is 0 Å². The summed E-state index contributed by atoms with van der Waals surface area (Å²) in [7, 11) is 0. The molecule has 0 heterocycles. The van der Waals surface area contributed by atoms with E-state index in [1.165, 1.54) is 19.3 Å². The SMILES string of the molecule is C[C@]12CCCC[C@@H]1[C@H]2C(=O)N/N=C\c1cccc(OCc2ccccc2Cl)c1. The second-order valence-corrected chi connectivity index (χ2v) is 8.43. The zero-order valence-electron chi connectivity index (χ0n) is 16.0. The maximum absolute atomic E-state index is 12.5. The first-order valence-corrected chi connectivity index (χ1v) is 10.2. The molecule has 0 saturated heterocycles. The molecule has 1 N–H and O–H groups in total. The largest absolute Gasteiger partial charge is 0.489 e. The molecule has 4 nitrogen and oxygen atoms in total. The first kappa shape index (κ1) is 19.0. The molecule has 146 valence electrons. The molecule has 0 spiro atoms. The summed E-state index contributed by atoms with van der Waals surface area (Å²) < 4.78 is 5.83. The van der Waals surface area contributed by atoms with Gasteiger partial charge in [-0.25, -0.2) is 5.43 Å². The van der Waals surface area contributed by atoms with Gasteiger partial charge in [-0.05, 0) is 47.9 Å². The molecule has 0 bridgehead atoms. The summed E-state index contributed by atoms with van der Waals surface area (Å²) in [4.78, 5) is 12.5. The van der Waals surface area contributed by atoms with Crippen LogP contribution in [0.25, 0.3) is 0 Å². The van der Waals surface area contributed by atoms with Gasteiger partial charge in [0.1, 0.15) is 12.4 Å². The lowest BCUT2D eigenvalue weighted by atomic mass is 9.90. The predicted octanol–water partition coefficient (Wildman–Crippen LogP) is 5.20. The highest BCUT2D eigenvalue weighted by atomic mass is 35.5. The minimum absolute atomic E-state index is 0.0526. The van der Waals surface area contributed by atoms with Crippen LogP contribution in [0.1, 0.15) is 43.7 Å². The van der Waals surface area contributed by atoms with Gasteiger partial charge in [0.15, 0.2) is 0 Å². The van der Waals surface area contributed by atoms with Crippen LogP contribution in [0.2, 0.25) is 5.02 Å². The van der Waals surface area contributed by atoms with Gasteiger partial charge in [0.25, 0.3) is 0 Å². The van der Waals surface area contributed by atoms with Gasteiger partial charge >= 0.3 is 0 Å². The molecular formula is C23H25ClN2O2. The molecule has 2 saturated carbocycles. The lowest BCUT2D eigenvalue weighted by molar-refractivity contribution is -0.123. The Morgan fingerprint density at radius 2 is 2.14 bits per heavy atom. The van der Waals surface area contributed by atoms with E-state index in [1.54, 1.807) is 6.21 Å². The summed E-state index contributed by atoms with van der Waals surface area (Å²) in [5.74, 6) is 1.45. The molecule has 1 amide bonds. The first-order valence-electron chi connectivity index (χ1n) is 9.87. The van der Waals surface area contributed by atoms with Crippen LogP contribution >= 0.6 is 11.6 Å². The van der Waals surface area contributed by atoms with Crippen LogP contribution in [-0.4, -0.2) is 12.1 Å². The van der Waals surface area contributed by atoms with Crippen LogP contribution in [0.3, 0.4) is 0 Å². The van der Waals surface area contributed by atoms with E-state index in [-0.39, 0.29) is 17.2 Å². The number of hydrazone groups is 1. The van der Waals surface area contributed by atoms with E-state index in [1.807, 2.05) is 48.5 Å². The number of rotatable bonds is 6. The Labute approximate surface area is 170 Å². The molecule has 2 aromatic carbocycles. The third-order valence-corrected chi connectivity index (χ3v) is 6.58. The van der Waals surface area contributed by atoms with Crippen LogP contribution in [0.15, 0.2) is 53.6 Å². The van der Waals surface area contributed by atoms with E-state index < -0.39 is 0 Å². The Bertz CT molecular complexity index is 898. The summed E-state index contributed by atoms with van der Waals surface area (Å²) in [6, 6.07) is 15.2. The van der Waals surface area contributed by atoms with Gasteiger partial charge in [-0.3, -0.25) is 4.79 Å². The first-order chi connectivity index (χ1) is 13.6. The number of nitrogens with one attached hydrogen (secondary N) is 1. The number of fused-ring (bicyclic) bond motifs is 1. The number of ether oxygens (including phenoxy) is 1. The summed E-state index contributed by atoms with van der Waals surface area (Å²) in [5.41, 5.74) is 4.74.